The molecule has 7 heteroatoms. The number of hydrogen-bond acceptors (Lipinski definition) is 5. The number of ether oxygens (including phenoxy) is 1. The molecule has 21 heavy (non-hydrogen) atoms. The van der Waals surface area contributed by atoms with E-state index in [2.05, 4.69) is 15.6 Å². The van der Waals surface area contributed by atoms with Crippen molar-refractivity contribution in [2.45, 2.75) is 6.92 Å². The van der Waals surface area contributed by atoms with Crippen molar-refractivity contribution in [1.82, 2.24) is 15.2 Å². The third kappa shape index (κ3) is 6.05. The molecule has 0 aromatic carbocycles. The average molecular weight is 298 g/mol. The molecule has 0 unspecified atom stereocenters. The van der Waals surface area contributed by atoms with Crippen LogP contribution in [-0.2, 0) is 4.74 Å². The summed E-state index contributed by atoms with van der Waals surface area (Å²) in [6.07, 6.45) is 1.41. The van der Waals surface area contributed by atoms with Gasteiger partial charge in [-0.3, -0.25) is 4.79 Å². The normalized spacial score (nSPS) is 10.7. The Balaban J connectivity index is 2.40. The van der Waals surface area contributed by atoms with Gasteiger partial charge in [0.2, 0.25) is 0 Å². The summed E-state index contributed by atoms with van der Waals surface area (Å²) in [6.45, 7) is 4.51. The fourth-order valence-corrected chi connectivity index (χ4v) is 1.59. The SMILES string of the molecule is CCNc1nccc(C(=O)NCCOCCN(C)C)c1F. The van der Waals surface area contributed by atoms with E-state index in [-0.39, 0.29) is 11.4 Å². The van der Waals surface area contributed by atoms with Gasteiger partial charge in [-0.2, -0.15) is 0 Å². The minimum absolute atomic E-state index is 0.0192. The zero-order valence-corrected chi connectivity index (χ0v) is 12.8. The van der Waals surface area contributed by atoms with Crippen molar-refractivity contribution < 1.29 is 13.9 Å². The Morgan fingerprint density at radius 1 is 1.43 bits per heavy atom. The first kappa shape index (κ1) is 17.3. The highest BCUT2D eigenvalue weighted by atomic mass is 19.1. The second-order valence-corrected chi connectivity index (χ2v) is 4.72. The fraction of sp³-hybridized carbons (Fsp3) is 0.571. The third-order valence-electron chi connectivity index (χ3n) is 2.69. The molecule has 1 amide bonds. The molecule has 0 fully saturated rings. The molecular formula is C14H23FN4O2. The quantitative estimate of drug-likeness (QED) is 0.665. The predicted molar refractivity (Wildman–Crippen MR) is 80.1 cm³/mol. The summed E-state index contributed by atoms with van der Waals surface area (Å²) in [6, 6.07) is 1.36. The predicted octanol–water partition coefficient (Wildman–Crippen LogP) is 0.960. The molecule has 0 aliphatic rings. The van der Waals surface area contributed by atoms with E-state index < -0.39 is 11.7 Å². The Kier molecular flexibility index (Phi) is 7.63. The van der Waals surface area contributed by atoms with Crippen molar-refractivity contribution >= 4 is 11.7 Å². The van der Waals surface area contributed by atoms with Crippen molar-refractivity contribution in [2.75, 3.05) is 52.3 Å². The Labute approximate surface area is 124 Å². The molecule has 0 atom stereocenters. The Morgan fingerprint density at radius 2 is 2.19 bits per heavy atom. The number of nitrogens with zero attached hydrogens (tertiary/aromatic N) is 2. The van der Waals surface area contributed by atoms with E-state index in [0.717, 1.165) is 6.54 Å². The summed E-state index contributed by atoms with van der Waals surface area (Å²) < 4.78 is 19.4. The first-order valence-electron chi connectivity index (χ1n) is 6.95. The fourth-order valence-electron chi connectivity index (χ4n) is 1.59. The van der Waals surface area contributed by atoms with Crippen molar-refractivity contribution in [2.24, 2.45) is 0 Å². The molecule has 0 saturated carbocycles. The maximum atomic E-state index is 14.0. The number of aromatic nitrogens is 1. The van der Waals surface area contributed by atoms with Gasteiger partial charge in [0.25, 0.3) is 5.91 Å². The topological polar surface area (TPSA) is 66.5 Å². The minimum Gasteiger partial charge on any atom is -0.378 e. The lowest BCUT2D eigenvalue weighted by Crippen LogP contribution is -2.29. The molecule has 6 nitrogen and oxygen atoms in total. The number of anilines is 1. The van der Waals surface area contributed by atoms with Crippen LogP contribution in [0.5, 0.6) is 0 Å². The lowest BCUT2D eigenvalue weighted by Gasteiger charge is -2.11. The van der Waals surface area contributed by atoms with Crippen LogP contribution in [0.3, 0.4) is 0 Å². The largest absolute Gasteiger partial charge is 0.378 e. The summed E-state index contributed by atoms with van der Waals surface area (Å²) in [5, 5.41) is 5.39. The molecule has 1 heterocycles. The zero-order valence-electron chi connectivity index (χ0n) is 12.8. The number of hydrogen-bond donors (Lipinski definition) is 2. The maximum Gasteiger partial charge on any atom is 0.254 e. The Bertz CT molecular complexity index is 455. The van der Waals surface area contributed by atoms with Gasteiger partial charge in [-0.05, 0) is 27.1 Å². The summed E-state index contributed by atoms with van der Waals surface area (Å²) in [7, 11) is 3.92. The number of carbonyl (C=O) groups is 1. The lowest BCUT2D eigenvalue weighted by atomic mass is 10.2. The third-order valence-corrected chi connectivity index (χ3v) is 2.69. The van der Waals surface area contributed by atoms with Crippen LogP contribution in [0.4, 0.5) is 10.2 Å². The summed E-state index contributed by atoms with van der Waals surface area (Å²) >= 11 is 0. The van der Waals surface area contributed by atoms with E-state index in [1.807, 2.05) is 25.9 Å². The molecule has 1 aromatic heterocycles. The molecule has 1 aromatic rings. The highest BCUT2D eigenvalue weighted by Crippen LogP contribution is 2.14. The first-order chi connectivity index (χ1) is 10.1. The van der Waals surface area contributed by atoms with Crippen LogP contribution in [0.1, 0.15) is 17.3 Å². The molecule has 118 valence electrons. The summed E-state index contributed by atoms with van der Waals surface area (Å²) in [5.41, 5.74) is -0.0192. The van der Waals surface area contributed by atoms with E-state index in [9.17, 15) is 9.18 Å². The van der Waals surface area contributed by atoms with Gasteiger partial charge in [-0.25, -0.2) is 9.37 Å². The van der Waals surface area contributed by atoms with Gasteiger partial charge in [0, 0.05) is 25.8 Å². The zero-order chi connectivity index (χ0) is 15.7. The lowest BCUT2D eigenvalue weighted by molar-refractivity contribution is 0.0896. The molecular weight excluding hydrogens is 275 g/mol. The number of nitrogens with one attached hydrogen (secondary N) is 2. The van der Waals surface area contributed by atoms with Crippen LogP contribution in [0.15, 0.2) is 12.3 Å². The first-order valence-corrected chi connectivity index (χ1v) is 6.95. The minimum atomic E-state index is -0.634. The second kappa shape index (κ2) is 9.25. The van der Waals surface area contributed by atoms with Gasteiger partial charge < -0.3 is 20.3 Å². The van der Waals surface area contributed by atoms with Gasteiger partial charge in [-0.1, -0.05) is 0 Å². The van der Waals surface area contributed by atoms with E-state index in [1.54, 1.807) is 0 Å². The monoisotopic (exact) mass is 298 g/mol. The smallest absolute Gasteiger partial charge is 0.254 e. The Hall–Kier alpha value is -1.73. The molecule has 0 spiro atoms. The van der Waals surface area contributed by atoms with Crippen LogP contribution in [-0.4, -0.2) is 62.7 Å². The molecule has 0 aliphatic carbocycles. The summed E-state index contributed by atoms with van der Waals surface area (Å²) in [4.78, 5) is 17.8. The van der Waals surface area contributed by atoms with E-state index in [4.69, 9.17) is 4.74 Å². The molecule has 1 rings (SSSR count). The van der Waals surface area contributed by atoms with Gasteiger partial charge in [0.15, 0.2) is 11.6 Å². The van der Waals surface area contributed by atoms with Crippen LogP contribution in [0.2, 0.25) is 0 Å². The van der Waals surface area contributed by atoms with Crippen LogP contribution < -0.4 is 10.6 Å². The van der Waals surface area contributed by atoms with Gasteiger partial charge in [0.1, 0.15) is 0 Å². The second-order valence-electron chi connectivity index (χ2n) is 4.72. The maximum absolute atomic E-state index is 14.0. The molecule has 0 saturated heterocycles. The van der Waals surface area contributed by atoms with Crippen LogP contribution in [0.25, 0.3) is 0 Å². The standard InChI is InChI=1S/C14H23FN4O2/c1-4-16-13-12(15)11(5-6-17-13)14(20)18-7-9-21-10-8-19(2)3/h5-6H,4,7-10H2,1-3H3,(H,16,17)(H,18,20). The molecule has 0 bridgehead atoms. The van der Waals surface area contributed by atoms with E-state index >= 15 is 0 Å². The van der Waals surface area contributed by atoms with Gasteiger partial charge in [-0.15, -0.1) is 0 Å². The van der Waals surface area contributed by atoms with Gasteiger partial charge >= 0.3 is 0 Å². The van der Waals surface area contributed by atoms with Gasteiger partial charge in [0.05, 0.1) is 18.8 Å². The molecule has 2 N–H and O–H groups in total. The number of pyridine rings is 1. The highest BCUT2D eigenvalue weighted by molar-refractivity contribution is 5.95. The van der Waals surface area contributed by atoms with Crippen LogP contribution in [0, 0.1) is 5.82 Å². The number of likely N-dealkylation sites (N-methyl/N-ethyl adjacent to an activating group) is 1. The Morgan fingerprint density at radius 3 is 2.86 bits per heavy atom. The number of halogens is 1. The van der Waals surface area contributed by atoms with Crippen LogP contribution >= 0.6 is 0 Å². The summed E-state index contributed by atoms with van der Waals surface area (Å²) in [5.74, 6) is -1.01. The van der Waals surface area contributed by atoms with Crippen molar-refractivity contribution in [3.8, 4) is 0 Å². The number of carbonyl (C=O) groups excluding carboxylic acids is 1. The van der Waals surface area contributed by atoms with E-state index in [1.165, 1.54) is 12.3 Å². The van der Waals surface area contributed by atoms with Crippen molar-refractivity contribution in [1.29, 1.82) is 0 Å². The van der Waals surface area contributed by atoms with Crippen molar-refractivity contribution in [3.05, 3.63) is 23.6 Å². The van der Waals surface area contributed by atoms with Crippen molar-refractivity contribution in [3.63, 3.8) is 0 Å². The van der Waals surface area contributed by atoms with E-state index in [0.29, 0.717) is 26.3 Å². The highest BCUT2D eigenvalue weighted by Gasteiger charge is 2.15. The number of rotatable bonds is 9. The average Bonchev–Trinajstić information content (AvgIpc) is 2.44. The molecule has 0 aliphatic heterocycles. The number of amides is 1. The molecule has 0 radical (unpaired) electrons.